The zero-order valence-corrected chi connectivity index (χ0v) is 33.7. The summed E-state index contributed by atoms with van der Waals surface area (Å²) in [6.07, 6.45) is 4.30. The number of phenolic OH excluding ortho intramolecular Hbond substituents is 3. The highest BCUT2D eigenvalue weighted by molar-refractivity contribution is 8.77. The first-order chi connectivity index (χ1) is 26.5. The van der Waals surface area contributed by atoms with Crippen LogP contribution in [0.4, 0.5) is 0 Å². The average Bonchev–Trinajstić information content (AvgIpc) is 3.23. The standard InChI is InChI=1S/C43H54O10S2/c1-22(2)8-14-51-33-19-30(38(47)40(50-4)39(33)48)43-12-11-42-10-7-24(23(3)9-16-54-55-42)17-27-28-18-25(46)5-6-26(28)34-31(52-15-13-44)20-32(53-43)36(37(42)41(43)49)35(34)29(27)21-45/h5-6,18-20,22-24,27,29,37,41,44-49H,7-17,21H2,1-4H3. The Morgan fingerprint density at radius 2 is 1.75 bits per heavy atom. The first-order valence-corrected chi connectivity index (χ1v) is 22.1. The fourth-order valence-electron chi connectivity index (χ4n) is 10.4. The van der Waals surface area contributed by atoms with Gasteiger partial charge in [-0.05, 0) is 104 Å². The van der Waals surface area contributed by atoms with Crippen molar-refractivity contribution >= 4 is 21.6 Å². The highest BCUT2D eigenvalue weighted by Crippen LogP contribution is 2.70. The third-order valence-corrected chi connectivity index (χ3v) is 16.7. The highest BCUT2D eigenvalue weighted by Gasteiger charge is 2.64. The van der Waals surface area contributed by atoms with Gasteiger partial charge in [0.1, 0.15) is 30.0 Å². The molecule has 10 nitrogen and oxygen atoms in total. The predicted molar refractivity (Wildman–Crippen MR) is 214 cm³/mol. The van der Waals surface area contributed by atoms with Gasteiger partial charge in [-0.2, -0.15) is 0 Å². The Morgan fingerprint density at radius 1 is 0.945 bits per heavy atom. The van der Waals surface area contributed by atoms with E-state index in [2.05, 4.69) is 20.8 Å². The Bertz CT molecular complexity index is 1940. The van der Waals surface area contributed by atoms with Crippen LogP contribution in [0.25, 0.3) is 11.1 Å². The van der Waals surface area contributed by atoms with Crippen molar-refractivity contribution in [1.29, 1.82) is 0 Å². The number of aliphatic hydroxyl groups excluding tert-OH is 3. The third kappa shape index (κ3) is 6.20. The summed E-state index contributed by atoms with van der Waals surface area (Å²) >= 11 is 0. The second-order valence-electron chi connectivity index (χ2n) is 16.7. The summed E-state index contributed by atoms with van der Waals surface area (Å²) in [6, 6.07) is 8.89. The van der Waals surface area contributed by atoms with Crippen molar-refractivity contribution in [3.63, 3.8) is 0 Å². The number of ether oxygens (including phenoxy) is 4. The molecule has 8 rings (SSSR count). The number of fused-ring (bicyclic) bond motifs is 7. The zero-order valence-electron chi connectivity index (χ0n) is 32.0. The minimum atomic E-state index is -1.47. The molecule has 8 atom stereocenters. The van der Waals surface area contributed by atoms with Gasteiger partial charge in [0.05, 0.1) is 26.9 Å². The van der Waals surface area contributed by atoms with Crippen molar-refractivity contribution in [3.8, 4) is 51.4 Å². The molecule has 3 aromatic carbocycles. The number of aliphatic hydroxyl groups is 3. The van der Waals surface area contributed by atoms with E-state index >= 15 is 0 Å². The van der Waals surface area contributed by atoms with Gasteiger partial charge >= 0.3 is 0 Å². The Morgan fingerprint density at radius 3 is 2.49 bits per heavy atom. The van der Waals surface area contributed by atoms with Crippen molar-refractivity contribution in [2.24, 2.45) is 17.8 Å². The van der Waals surface area contributed by atoms with Crippen molar-refractivity contribution < 1.29 is 49.6 Å². The van der Waals surface area contributed by atoms with Gasteiger partial charge in [-0.3, -0.25) is 0 Å². The van der Waals surface area contributed by atoms with Crippen molar-refractivity contribution in [2.75, 3.05) is 39.3 Å². The lowest BCUT2D eigenvalue weighted by molar-refractivity contribution is -0.124. The molecule has 3 aromatic rings. The number of phenols is 3. The van der Waals surface area contributed by atoms with Crippen LogP contribution < -0.4 is 18.9 Å². The summed E-state index contributed by atoms with van der Waals surface area (Å²) in [5.74, 6) is 1.54. The minimum Gasteiger partial charge on any atom is -0.508 e. The first-order valence-electron chi connectivity index (χ1n) is 19.8. The van der Waals surface area contributed by atoms with Crippen LogP contribution in [0.5, 0.6) is 40.2 Å². The molecule has 1 saturated heterocycles. The Hall–Kier alpha value is -3.16. The van der Waals surface area contributed by atoms with E-state index in [0.717, 1.165) is 65.7 Å². The molecule has 0 amide bonds. The van der Waals surface area contributed by atoms with Gasteiger partial charge in [0.2, 0.25) is 11.5 Å². The highest BCUT2D eigenvalue weighted by atomic mass is 33.1. The lowest BCUT2D eigenvalue weighted by Crippen LogP contribution is -2.61. The van der Waals surface area contributed by atoms with Gasteiger partial charge < -0.3 is 49.6 Å². The summed E-state index contributed by atoms with van der Waals surface area (Å²) in [6.45, 7) is 6.49. The van der Waals surface area contributed by atoms with Crippen LogP contribution in [0, 0.1) is 17.8 Å². The van der Waals surface area contributed by atoms with E-state index < -0.39 is 28.3 Å². The summed E-state index contributed by atoms with van der Waals surface area (Å²) in [5, 5.41) is 68.8. The maximum Gasteiger partial charge on any atom is 0.207 e. The second-order valence-corrected chi connectivity index (χ2v) is 19.5. The van der Waals surface area contributed by atoms with E-state index in [1.807, 2.05) is 39.8 Å². The first kappa shape index (κ1) is 38.7. The lowest BCUT2D eigenvalue weighted by Gasteiger charge is -2.59. The smallest absolute Gasteiger partial charge is 0.207 e. The molecule has 0 radical (unpaired) electrons. The molecule has 6 N–H and O–H groups in total. The third-order valence-electron chi connectivity index (χ3n) is 13.3. The molecule has 2 fully saturated rings. The maximum atomic E-state index is 13.3. The Labute approximate surface area is 331 Å². The van der Waals surface area contributed by atoms with Crippen LogP contribution >= 0.6 is 21.6 Å². The van der Waals surface area contributed by atoms with E-state index in [1.54, 1.807) is 12.1 Å². The van der Waals surface area contributed by atoms with Crippen LogP contribution in [-0.4, -0.2) is 80.8 Å². The van der Waals surface area contributed by atoms with Crippen molar-refractivity contribution in [2.45, 2.75) is 99.9 Å². The number of hydrogen-bond donors (Lipinski definition) is 6. The molecular weight excluding hydrogens is 741 g/mol. The van der Waals surface area contributed by atoms with Crippen LogP contribution in [-0.2, 0) is 5.60 Å². The van der Waals surface area contributed by atoms with Gasteiger partial charge in [0.15, 0.2) is 17.1 Å². The van der Waals surface area contributed by atoms with E-state index in [4.69, 9.17) is 18.9 Å². The summed E-state index contributed by atoms with van der Waals surface area (Å²) < 4.78 is 24.8. The molecule has 8 unspecified atom stereocenters. The summed E-state index contributed by atoms with van der Waals surface area (Å²) in [4.78, 5) is 0. The quantitative estimate of drug-likeness (QED) is 0.110. The molecule has 2 aliphatic heterocycles. The Balaban J connectivity index is 1.43. The van der Waals surface area contributed by atoms with Crippen LogP contribution in [0.15, 0.2) is 30.3 Å². The van der Waals surface area contributed by atoms with Crippen LogP contribution in [0.1, 0.15) is 106 Å². The molecule has 0 aromatic heterocycles. The molecule has 5 aliphatic rings. The van der Waals surface area contributed by atoms with E-state index in [9.17, 15) is 30.6 Å². The fraction of sp³-hybridized carbons (Fsp3) is 0.581. The molecule has 55 heavy (non-hydrogen) atoms. The molecule has 2 heterocycles. The van der Waals surface area contributed by atoms with Gasteiger partial charge in [0, 0.05) is 45.1 Å². The van der Waals surface area contributed by atoms with Crippen molar-refractivity contribution in [3.05, 3.63) is 52.6 Å². The number of hydrogen-bond acceptors (Lipinski definition) is 12. The number of benzene rings is 3. The molecule has 6 bridgehead atoms. The Kier molecular flexibility index (Phi) is 10.5. The minimum absolute atomic E-state index is 0.0199. The summed E-state index contributed by atoms with van der Waals surface area (Å²) in [7, 11) is 5.12. The maximum absolute atomic E-state index is 13.3. The summed E-state index contributed by atoms with van der Waals surface area (Å²) in [5.41, 5.74) is 3.17. The molecule has 12 heteroatoms. The largest absolute Gasteiger partial charge is 0.508 e. The topological polar surface area (TPSA) is 158 Å². The fourth-order valence-corrected chi connectivity index (χ4v) is 14.0. The van der Waals surface area contributed by atoms with Crippen LogP contribution in [0.2, 0.25) is 0 Å². The van der Waals surface area contributed by atoms with Gasteiger partial charge in [0.25, 0.3) is 0 Å². The molecular formula is C43H54O10S2. The van der Waals surface area contributed by atoms with E-state index in [1.165, 1.54) is 7.11 Å². The predicted octanol–water partition coefficient (Wildman–Crippen LogP) is 7.93. The van der Waals surface area contributed by atoms with Gasteiger partial charge in [-0.15, -0.1) is 0 Å². The second kappa shape index (κ2) is 15.0. The van der Waals surface area contributed by atoms with E-state index in [-0.39, 0.29) is 60.0 Å². The number of aromatic hydroxyl groups is 3. The number of methoxy groups -OCH3 is 1. The van der Waals surface area contributed by atoms with Crippen LogP contribution in [0.3, 0.4) is 0 Å². The monoisotopic (exact) mass is 794 g/mol. The normalized spacial score (nSPS) is 30.5. The molecule has 1 saturated carbocycles. The SMILES string of the molecule is COc1c(O)c(OCCC(C)C)cc(C23CCC45CCC(CC6c7cc(O)ccc7-c7c(OCCO)cc(c(c7C6CO)C4C2O)O3)C(C)CCSS5)c1O. The van der Waals surface area contributed by atoms with Gasteiger partial charge in [-0.1, -0.05) is 48.4 Å². The zero-order chi connectivity index (χ0) is 38.8. The average molecular weight is 795 g/mol. The number of rotatable bonds is 10. The van der Waals surface area contributed by atoms with E-state index in [0.29, 0.717) is 48.7 Å². The van der Waals surface area contributed by atoms with Crippen molar-refractivity contribution in [1.82, 2.24) is 0 Å². The molecule has 298 valence electrons. The molecule has 3 aliphatic carbocycles. The molecule has 1 spiro atoms. The van der Waals surface area contributed by atoms with Gasteiger partial charge in [-0.25, -0.2) is 0 Å². The lowest BCUT2D eigenvalue weighted by atomic mass is 9.56.